The molecule has 92 valence electrons. The Labute approximate surface area is 97.1 Å². The maximum Gasteiger partial charge on any atom is 0.357 e. The second kappa shape index (κ2) is 4.62. The van der Waals surface area contributed by atoms with Gasteiger partial charge >= 0.3 is 5.97 Å². The summed E-state index contributed by atoms with van der Waals surface area (Å²) in [5.41, 5.74) is -1.21. The van der Waals surface area contributed by atoms with Gasteiger partial charge in [0.1, 0.15) is 5.82 Å². The zero-order chi connectivity index (χ0) is 13.2. The Kier molecular flexibility index (Phi) is 3.61. The summed E-state index contributed by atoms with van der Waals surface area (Å²) >= 11 is 0. The van der Waals surface area contributed by atoms with E-state index in [9.17, 15) is 18.3 Å². The van der Waals surface area contributed by atoms with Gasteiger partial charge in [-0.25, -0.2) is 9.18 Å². The second-order valence-electron chi connectivity index (χ2n) is 3.01. The van der Waals surface area contributed by atoms with E-state index in [0.717, 1.165) is 24.3 Å². The van der Waals surface area contributed by atoms with Crippen molar-refractivity contribution in [3.63, 3.8) is 0 Å². The van der Waals surface area contributed by atoms with E-state index >= 15 is 0 Å². The van der Waals surface area contributed by atoms with Gasteiger partial charge in [-0.2, -0.15) is 0 Å². The molecule has 0 aliphatic carbocycles. The van der Waals surface area contributed by atoms with E-state index in [-0.39, 0.29) is 4.90 Å². The average molecular weight is 260 g/mol. The molecule has 0 unspecified atom stereocenters. The fraction of sp³-hybridized carbons (Fsp3) is 0. The summed E-state index contributed by atoms with van der Waals surface area (Å²) in [7, 11) is -3.89. The lowest BCUT2D eigenvalue weighted by Gasteiger charge is -2.31. The van der Waals surface area contributed by atoms with Crippen LogP contribution in [0.25, 0.3) is 0 Å². The highest BCUT2D eigenvalue weighted by molar-refractivity contribution is 8.38. The molecule has 1 aromatic rings. The molecule has 6 nitrogen and oxygen atoms in total. The van der Waals surface area contributed by atoms with E-state index in [1.54, 1.807) is 0 Å². The van der Waals surface area contributed by atoms with Crippen molar-refractivity contribution < 1.29 is 23.4 Å². The van der Waals surface area contributed by atoms with Gasteiger partial charge in [0.15, 0.2) is 10.8 Å². The lowest BCUT2D eigenvalue weighted by Crippen LogP contribution is -2.26. The minimum atomic E-state index is -3.89. The SMILES string of the molecule is N=C(C(=N)S(O)(O)c1ccc(F)cc1)C(=O)O. The third-order valence-electron chi connectivity index (χ3n) is 1.87. The molecule has 0 saturated carbocycles. The van der Waals surface area contributed by atoms with E-state index in [4.69, 9.17) is 15.9 Å². The van der Waals surface area contributed by atoms with Crippen molar-refractivity contribution in [2.45, 2.75) is 4.90 Å². The standard InChI is InChI=1S/C9H9FN2O4S/c10-5-1-3-6(4-2-5)17(15,16)8(12)7(11)9(13)14/h1-4,11-12,15-16H,(H,13,14). The van der Waals surface area contributed by atoms with Gasteiger partial charge in [-0.3, -0.25) is 19.9 Å². The third kappa shape index (κ3) is 2.67. The fourth-order valence-electron chi connectivity index (χ4n) is 0.982. The monoisotopic (exact) mass is 260 g/mol. The van der Waals surface area contributed by atoms with Crippen LogP contribution in [0.3, 0.4) is 0 Å². The highest BCUT2D eigenvalue weighted by Crippen LogP contribution is 2.49. The molecule has 0 aromatic heterocycles. The largest absolute Gasteiger partial charge is 0.476 e. The molecule has 0 atom stereocenters. The molecule has 0 spiro atoms. The number of carbonyl (C=O) groups is 1. The molecule has 1 aromatic carbocycles. The van der Waals surface area contributed by atoms with Crippen molar-refractivity contribution >= 4 is 27.3 Å². The number of benzene rings is 1. The number of hydrogen-bond donors (Lipinski definition) is 5. The van der Waals surface area contributed by atoms with Crippen molar-refractivity contribution in [3.8, 4) is 0 Å². The van der Waals surface area contributed by atoms with Crippen LogP contribution in [0.4, 0.5) is 4.39 Å². The first kappa shape index (κ1) is 13.3. The molecule has 17 heavy (non-hydrogen) atoms. The lowest BCUT2D eigenvalue weighted by molar-refractivity contribution is -0.129. The molecule has 1 rings (SSSR count). The molecule has 0 bridgehead atoms. The third-order valence-corrected chi connectivity index (χ3v) is 3.57. The van der Waals surface area contributed by atoms with E-state index in [2.05, 4.69) is 0 Å². The molecular weight excluding hydrogens is 251 g/mol. The molecule has 0 aliphatic heterocycles. The Morgan fingerprint density at radius 3 is 2.06 bits per heavy atom. The molecule has 0 saturated heterocycles. The molecule has 0 heterocycles. The van der Waals surface area contributed by atoms with Crippen LogP contribution < -0.4 is 0 Å². The van der Waals surface area contributed by atoms with Crippen LogP contribution in [-0.2, 0) is 4.79 Å². The number of carboxylic acids is 1. The molecular formula is C9H9FN2O4S. The topological polar surface area (TPSA) is 125 Å². The Morgan fingerprint density at radius 2 is 1.65 bits per heavy atom. The first-order chi connectivity index (χ1) is 7.76. The summed E-state index contributed by atoms with van der Waals surface area (Å²) in [6, 6.07) is 3.94. The van der Waals surface area contributed by atoms with Gasteiger partial charge in [0, 0.05) is 0 Å². The van der Waals surface area contributed by atoms with Gasteiger partial charge < -0.3 is 5.11 Å². The van der Waals surface area contributed by atoms with E-state index in [1.165, 1.54) is 0 Å². The summed E-state index contributed by atoms with van der Waals surface area (Å²) in [5.74, 6) is -2.35. The maximum atomic E-state index is 12.6. The number of halogens is 1. The molecule has 0 radical (unpaired) electrons. The van der Waals surface area contributed by atoms with Crippen molar-refractivity contribution in [3.05, 3.63) is 30.1 Å². The van der Waals surface area contributed by atoms with Crippen molar-refractivity contribution in [2.24, 2.45) is 0 Å². The number of carboxylic acid groups (broad SMARTS) is 1. The maximum absolute atomic E-state index is 12.6. The number of hydrogen-bond acceptors (Lipinski definition) is 5. The number of aliphatic carboxylic acids is 1. The smallest absolute Gasteiger partial charge is 0.357 e. The normalized spacial score (nSPS) is 11.9. The van der Waals surface area contributed by atoms with Gasteiger partial charge in [-0.05, 0) is 24.3 Å². The molecule has 0 aliphatic rings. The minimum absolute atomic E-state index is 0.213. The first-order valence-electron chi connectivity index (χ1n) is 4.21. The summed E-state index contributed by atoms with van der Waals surface area (Å²) in [4.78, 5) is 10.2. The van der Waals surface area contributed by atoms with Crippen LogP contribution in [0.1, 0.15) is 0 Å². The van der Waals surface area contributed by atoms with E-state index in [1.807, 2.05) is 0 Å². The van der Waals surface area contributed by atoms with Gasteiger partial charge in [-0.1, -0.05) is 0 Å². The predicted octanol–water partition coefficient (Wildman–Crippen LogP) is 2.02. The Bertz CT molecular complexity index is 486. The van der Waals surface area contributed by atoms with Gasteiger partial charge in [0.05, 0.1) is 4.90 Å². The van der Waals surface area contributed by atoms with Crippen molar-refractivity contribution in [2.75, 3.05) is 0 Å². The van der Waals surface area contributed by atoms with Crippen LogP contribution in [0.15, 0.2) is 29.2 Å². The minimum Gasteiger partial charge on any atom is -0.476 e. The van der Waals surface area contributed by atoms with Gasteiger partial charge in [0.2, 0.25) is 0 Å². The van der Waals surface area contributed by atoms with E-state index in [0.29, 0.717) is 0 Å². The Hall–Kier alpha value is -1.77. The molecule has 5 N–H and O–H groups in total. The van der Waals surface area contributed by atoms with Crippen LogP contribution in [0, 0.1) is 16.6 Å². The quantitative estimate of drug-likeness (QED) is 0.421. The average Bonchev–Trinajstić information content (AvgIpc) is 2.27. The van der Waals surface area contributed by atoms with Crippen molar-refractivity contribution in [1.29, 1.82) is 10.8 Å². The number of nitrogens with one attached hydrogen (secondary N) is 2. The predicted molar refractivity (Wildman–Crippen MR) is 60.6 cm³/mol. The fourth-order valence-corrected chi connectivity index (χ4v) is 2.10. The van der Waals surface area contributed by atoms with E-state index < -0.39 is 33.1 Å². The summed E-state index contributed by atoms with van der Waals surface area (Å²) < 4.78 is 31.9. The summed E-state index contributed by atoms with van der Waals surface area (Å²) in [6.45, 7) is 0. The molecule has 0 fully saturated rings. The zero-order valence-corrected chi connectivity index (χ0v) is 9.16. The highest BCUT2D eigenvalue weighted by Gasteiger charge is 2.29. The van der Waals surface area contributed by atoms with Gasteiger partial charge in [0.25, 0.3) is 0 Å². The van der Waals surface area contributed by atoms with Gasteiger partial charge in [-0.15, -0.1) is 10.6 Å². The summed E-state index contributed by atoms with van der Waals surface area (Å²) in [6.07, 6.45) is 0. The van der Waals surface area contributed by atoms with Crippen LogP contribution >= 0.6 is 10.6 Å². The lowest BCUT2D eigenvalue weighted by atomic mass is 10.3. The molecule has 8 heteroatoms. The highest BCUT2D eigenvalue weighted by atomic mass is 32.3. The summed E-state index contributed by atoms with van der Waals surface area (Å²) in [5, 5.41) is 21.6. The van der Waals surface area contributed by atoms with Crippen LogP contribution in [0.5, 0.6) is 0 Å². The Balaban J connectivity index is 3.10. The Morgan fingerprint density at radius 1 is 1.18 bits per heavy atom. The zero-order valence-electron chi connectivity index (χ0n) is 8.35. The van der Waals surface area contributed by atoms with Crippen molar-refractivity contribution in [1.82, 2.24) is 0 Å². The second-order valence-corrected chi connectivity index (χ2v) is 4.99. The molecule has 0 amide bonds. The van der Waals surface area contributed by atoms with Crippen LogP contribution in [-0.4, -0.2) is 30.9 Å². The first-order valence-corrected chi connectivity index (χ1v) is 5.76. The van der Waals surface area contributed by atoms with Crippen LogP contribution in [0.2, 0.25) is 0 Å². The number of rotatable bonds is 3.